The van der Waals surface area contributed by atoms with Crippen LogP contribution in [0, 0.1) is 5.82 Å². The van der Waals surface area contributed by atoms with Gasteiger partial charge in [-0.05, 0) is 54.2 Å². The summed E-state index contributed by atoms with van der Waals surface area (Å²) in [5.41, 5.74) is 3.16. The molecule has 0 saturated carbocycles. The zero-order valence-corrected chi connectivity index (χ0v) is 13.2. The molecule has 0 fully saturated rings. The lowest BCUT2D eigenvalue weighted by Crippen LogP contribution is -2.20. The topological polar surface area (TPSA) is 17.1 Å². The van der Waals surface area contributed by atoms with Crippen LogP contribution in [0.3, 0.4) is 0 Å². The molecule has 2 aromatic carbocycles. The highest BCUT2D eigenvalue weighted by molar-refractivity contribution is 9.10. The van der Waals surface area contributed by atoms with Gasteiger partial charge in [-0.3, -0.25) is 4.79 Å². The van der Waals surface area contributed by atoms with Gasteiger partial charge in [-0.25, -0.2) is 4.39 Å². The van der Waals surface area contributed by atoms with Crippen molar-refractivity contribution in [3.05, 3.63) is 69.4 Å². The zero-order valence-electron chi connectivity index (χ0n) is 11.6. The van der Waals surface area contributed by atoms with Gasteiger partial charge in [0.05, 0.1) is 0 Å². The first kappa shape index (κ1) is 14.5. The first-order valence-electron chi connectivity index (χ1n) is 7.19. The van der Waals surface area contributed by atoms with Gasteiger partial charge in [0, 0.05) is 16.8 Å². The number of aryl methyl sites for hydroxylation is 1. The molecule has 1 unspecified atom stereocenters. The maximum Gasteiger partial charge on any atom is 0.144 e. The van der Waals surface area contributed by atoms with Crippen LogP contribution in [-0.2, 0) is 17.6 Å². The van der Waals surface area contributed by atoms with Crippen LogP contribution in [0.1, 0.15) is 35.4 Å². The minimum absolute atomic E-state index is 0.0508. The number of hydrogen-bond donors (Lipinski definition) is 0. The molecule has 0 aliphatic heterocycles. The lowest BCUT2D eigenvalue weighted by Gasteiger charge is -2.24. The quantitative estimate of drug-likeness (QED) is 0.778. The third-order valence-electron chi connectivity index (χ3n) is 4.13. The predicted octanol–water partition coefficient (Wildman–Crippen LogP) is 4.82. The maximum atomic E-state index is 13.3. The van der Waals surface area contributed by atoms with Crippen LogP contribution in [0.4, 0.5) is 4.39 Å². The third kappa shape index (κ3) is 3.08. The van der Waals surface area contributed by atoms with Gasteiger partial charge in [0.1, 0.15) is 11.6 Å². The Balaban J connectivity index is 1.85. The standard InChI is InChI=1S/C18H16BrFO/c19-17-9-8-14(20)10-13(17)11-18(21)16-7-3-5-12-4-1-2-6-15(12)16/h1-2,4,6,8-10,16H,3,5,7,11H2. The molecule has 0 N–H and O–H groups in total. The van der Waals surface area contributed by atoms with Crippen molar-refractivity contribution < 1.29 is 9.18 Å². The first-order valence-corrected chi connectivity index (χ1v) is 7.99. The summed E-state index contributed by atoms with van der Waals surface area (Å²) in [5, 5.41) is 0. The van der Waals surface area contributed by atoms with Gasteiger partial charge in [-0.2, -0.15) is 0 Å². The molecule has 1 aliphatic carbocycles. The molecular formula is C18H16BrFO. The van der Waals surface area contributed by atoms with Gasteiger partial charge in [-0.1, -0.05) is 40.2 Å². The van der Waals surface area contributed by atoms with Crippen molar-refractivity contribution in [2.45, 2.75) is 31.6 Å². The highest BCUT2D eigenvalue weighted by Gasteiger charge is 2.26. The van der Waals surface area contributed by atoms with Crippen LogP contribution in [0.25, 0.3) is 0 Å². The Labute approximate surface area is 132 Å². The molecule has 1 nitrogen and oxygen atoms in total. The third-order valence-corrected chi connectivity index (χ3v) is 4.90. The Morgan fingerprint density at radius 3 is 2.90 bits per heavy atom. The summed E-state index contributed by atoms with van der Waals surface area (Å²) in [5.74, 6) is -0.177. The predicted molar refractivity (Wildman–Crippen MR) is 84.9 cm³/mol. The second-order valence-corrected chi connectivity index (χ2v) is 6.38. The smallest absolute Gasteiger partial charge is 0.144 e. The maximum absolute atomic E-state index is 13.3. The average Bonchev–Trinajstić information content (AvgIpc) is 2.50. The van der Waals surface area contributed by atoms with Crippen LogP contribution in [0.15, 0.2) is 46.9 Å². The second-order valence-electron chi connectivity index (χ2n) is 5.52. The molecule has 108 valence electrons. The Hall–Kier alpha value is -1.48. The summed E-state index contributed by atoms with van der Waals surface area (Å²) in [6.45, 7) is 0. The van der Waals surface area contributed by atoms with E-state index >= 15 is 0 Å². The van der Waals surface area contributed by atoms with Gasteiger partial charge in [0.2, 0.25) is 0 Å². The Bertz CT molecular complexity index is 681. The van der Waals surface area contributed by atoms with E-state index in [9.17, 15) is 9.18 Å². The van der Waals surface area contributed by atoms with Gasteiger partial charge in [0.25, 0.3) is 0 Å². The van der Waals surface area contributed by atoms with Gasteiger partial charge >= 0.3 is 0 Å². The van der Waals surface area contributed by atoms with Gasteiger partial charge in [-0.15, -0.1) is 0 Å². The SMILES string of the molecule is O=C(Cc1cc(F)ccc1Br)C1CCCc2ccccc21. The fourth-order valence-electron chi connectivity index (χ4n) is 3.08. The van der Waals surface area contributed by atoms with E-state index in [0.29, 0.717) is 0 Å². The van der Waals surface area contributed by atoms with E-state index in [1.165, 1.54) is 17.7 Å². The molecule has 0 heterocycles. The molecule has 1 atom stereocenters. The highest BCUT2D eigenvalue weighted by atomic mass is 79.9. The Kier molecular flexibility index (Phi) is 4.20. The number of halogens is 2. The van der Waals surface area contributed by atoms with Gasteiger partial charge < -0.3 is 0 Å². The van der Waals surface area contributed by atoms with Crippen molar-refractivity contribution in [2.24, 2.45) is 0 Å². The number of benzene rings is 2. The summed E-state index contributed by atoms with van der Waals surface area (Å²) in [4.78, 5) is 12.7. The molecule has 1 aliphatic rings. The van der Waals surface area contributed by atoms with Gasteiger partial charge in [0.15, 0.2) is 0 Å². The van der Waals surface area contributed by atoms with Crippen LogP contribution in [-0.4, -0.2) is 5.78 Å². The van der Waals surface area contributed by atoms with Crippen LogP contribution >= 0.6 is 15.9 Å². The normalized spacial score (nSPS) is 17.3. The minimum atomic E-state index is -0.301. The molecule has 0 amide bonds. The number of carbonyl (C=O) groups excluding carboxylic acids is 1. The van der Waals surface area contributed by atoms with Crippen molar-refractivity contribution in [3.8, 4) is 0 Å². The Morgan fingerprint density at radius 2 is 2.05 bits per heavy atom. The van der Waals surface area contributed by atoms with Crippen LogP contribution < -0.4 is 0 Å². The van der Waals surface area contributed by atoms with E-state index in [1.807, 2.05) is 12.1 Å². The van der Waals surface area contributed by atoms with Crippen molar-refractivity contribution in [3.63, 3.8) is 0 Å². The molecule has 0 bridgehead atoms. The average molecular weight is 347 g/mol. The fraction of sp³-hybridized carbons (Fsp3) is 0.278. The lowest BCUT2D eigenvalue weighted by molar-refractivity contribution is -0.120. The molecule has 0 radical (unpaired) electrons. The molecular weight excluding hydrogens is 331 g/mol. The highest BCUT2D eigenvalue weighted by Crippen LogP contribution is 2.33. The van der Waals surface area contributed by atoms with E-state index in [0.717, 1.165) is 34.9 Å². The largest absolute Gasteiger partial charge is 0.299 e. The van der Waals surface area contributed by atoms with E-state index in [4.69, 9.17) is 0 Å². The first-order chi connectivity index (χ1) is 10.1. The molecule has 0 saturated heterocycles. The summed E-state index contributed by atoms with van der Waals surface area (Å²) in [6, 6.07) is 12.7. The van der Waals surface area contributed by atoms with Crippen LogP contribution in [0.5, 0.6) is 0 Å². The number of Topliss-reactive ketones (excluding diaryl/α,β-unsaturated/α-hetero) is 1. The van der Waals surface area contributed by atoms with E-state index in [1.54, 1.807) is 6.07 Å². The number of rotatable bonds is 3. The summed E-state index contributed by atoms with van der Waals surface area (Å²) in [7, 11) is 0. The molecule has 0 aromatic heterocycles. The fourth-order valence-corrected chi connectivity index (χ4v) is 3.46. The molecule has 0 spiro atoms. The van der Waals surface area contributed by atoms with Crippen molar-refractivity contribution >= 4 is 21.7 Å². The molecule has 3 heteroatoms. The van der Waals surface area contributed by atoms with E-state index < -0.39 is 0 Å². The summed E-state index contributed by atoms with van der Waals surface area (Å²) in [6.07, 6.45) is 3.25. The minimum Gasteiger partial charge on any atom is -0.299 e. The number of hydrogen-bond acceptors (Lipinski definition) is 1. The number of ketones is 1. The van der Waals surface area contributed by atoms with Crippen LogP contribution in [0.2, 0.25) is 0 Å². The summed E-state index contributed by atoms with van der Waals surface area (Å²) < 4.78 is 14.1. The Morgan fingerprint density at radius 1 is 1.24 bits per heavy atom. The zero-order chi connectivity index (χ0) is 14.8. The van der Waals surface area contributed by atoms with Crippen molar-refractivity contribution in [1.82, 2.24) is 0 Å². The lowest BCUT2D eigenvalue weighted by atomic mass is 9.79. The van der Waals surface area contributed by atoms with Crippen molar-refractivity contribution in [2.75, 3.05) is 0 Å². The second kappa shape index (κ2) is 6.10. The number of fused-ring (bicyclic) bond motifs is 1. The monoisotopic (exact) mass is 346 g/mol. The van der Waals surface area contributed by atoms with E-state index in [-0.39, 0.29) is 23.9 Å². The molecule has 3 rings (SSSR count). The summed E-state index contributed by atoms with van der Waals surface area (Å²) >= 11 is 3.40. The molecule has 2 aromatic rings. The van der Waals surface area contributed by atoms with Crippen molar-refractivity contribution in [1.29, 1.82) is 0 Å². The van der Waals surface area contributed by atoms with E-state index in [2.05, 4.69) is 28.1 Å². The number of carbonyl (C=O) groups is 1. The molecule has 21 heavy (non-hydrogen) atoms.